The van der Waals surface area contributed by atoms with Gasteiger partial charge >= 0.3 is 0 Å². The number of nitrogens with two attached hydrogens (primary N) is 1. The van der Waals surface area contributed by atoms with Gasteiger partial charge in [-0.3, -0.25) is 0 Å². The summed E-state index contributed by atoms with van der Waals surface area (Å²) in [6.07, 6.45) is 0. The summed E-state index contributed by atoms with van der Waals surface area (Å²) >= 11 is 11.7. The average molecular weight is 386 g/mol. The molecular formula is C17H17Cl2NO3S. The third kappa shape index (κ3) is 2.74. The normalized spacial score (nSPS) is 26.3. The number of hydrogen-bond acceptors (Lipinski definition) is 4. The Hall–Kier alpha value is -1.11. The van der Waals surface area contributed by atoms with Crippen LogP contribution in [0.3, 0.4) is 0 Å². The highest BCUT2D eigenvalue weighted by Gasteiger charge is 2.70. The lowest BCUT2D eigenvalue weighted by atomic mass is 10.0. The number of halogens is 2. The number of aliphatic hydroxyl groups is 1. The van der Waals surface area contributed by atoms with Crippen LogP contribution in [0.25, 0.3) is 0 Å². The van der Waals surface area contributed by atoms with E-state index in [0.29, 0.717) is 10.0 Å². The Balaban J connectivity index is 2.04. The van der Waals surface area contributed by atoms with Crippen molar-refractivity contribution in [2.24, 2.45) is 11.1 Å². The van der Waals surface area contributed by atoms with Gasteiger partial charge in [0.1, 0.15) is 0 Å². The van der Waals surface area contributed by atoms with Gasteiger partial charge in [0.05, 0.1) is 16.8 Å². The van der Waals surface area contributed by atoms with Crippen molar-refractivity contribution >= 4 is 33.0 Å². The molecule has 0 saturated heterocycles. The topological polar surface area (TPSA) is 80.4 Å². The lowest BCUT2D eigenvalue weighted by Gasteiger charge is -2.12. The molecule has 0 bridgehead atoms. The van der Waals surface area contributed by atoms with Crippen LogP contribution in [0, 0.1) is 5.41 Å². The monoisotopic (exact) mass is 385 g/mol. The zero-order valence-electron chi connectivity index (χ0n) is 12.7. The van der Waals surface area contributed by atoms with Gasteiger partial charge < -0.3 is 10.8 Å². The molecule has 1 saturated carbocycles. The standard InChI is InChI=1S/C17H17Cl2NO3S/c18-12-3-1-11(2-4-12)15-16(17(15,9-20)10-21)24(22,23)14-7-5-13(19)6-8-14/h1-8,15-16,21H,9-10,20H2/t15-,16-,17+/m0/s1. The van der Waals surface area contributed by atoms with Crippen LogP contribution in [0.1, 0.15) is 11.5 Å². The van der Waals surface area contributed by atoms with Crippen LogP contribution in [0.15, 0.2) is 53.4 Å². The summed E-state index contributed by atoms with van der Waals surface area (Å²) in [5.74, 6) is -0.370. The molecule has 3 rings (SSSR count). The van der Waals surface area contributed by atoms with Crippen LogP contribution in [0.2, 0.25) is 10.0 Å². The Kier molecular flexibility index (Phi) is 4.66. The molecule has 128 valence electrons. The zero-order valence-corrected chi connectivity index (χ0v) is 15.0. The second kappa shape index (κ2) is 6.32. The van der Waals surface area contributed by atoms with Crippen molar-refractivity contribution in [3.05, 3.63) is 64.1 Å². The van der Waals surface area contributed by atoms with E-state index >= 15 is 0 Å². The maximum absolute atomic E-state index is 13.1. The molecule has 0 aliphatic heterocycles. The summed E-state index contributed by atoms with van der Waals surface area (Å²) < 4.78 is 26.1. The quantitative estimate of drug-likeness (QED) is 0.828. The lowest BCUT2D eigenvalue weighted by Crippen LogP contribution is -2.27. The summed E-state index contributed by atoms with van der Waals surface area (Å²) in [6, 6.07) is 13.0. The third-order valence-corrected chi connectivity index (χ3v) is 7.60. The molecule has 0 spiro atoms. The Labute approximate surface area is 151 Å². The van der Waals surface area contributed by atoms with Crippen LogP contribution in [-0.2, 0) is 9.84 Å². The molecule has 2 aromatic carbocycles. The van der Waals surface area contributed by atoms with Crippen LogP contribution in [0.4, 0.5) is 0 Å². The molecule has 24 heavy (non-hydrogen) atoms. The van der Waals surface area contributed by atoms with E-state index in [1.165, 1.54) is 24.3 Å². The van der Waals surface area contributed by atoms with Gasteiger partial charge in [0.25, 0.3) is 0 Å². The Morgan fingerprint density at radius 2 is 1.50 bits per heavy atom. The minimum absolute atomic E-state index is 0.0777. The Morgan fingerprint density at radius 3 is 1.96 bits per heavy atom. The maximum Gasteiger partial charge on any atom is 0.182 e. The molecule has 3 atom stereocenters. The number of aliphatic hydroxyl groups excluding tert-OH is 1. The SMILES string of the molecule is NC[C@@]1(CO)[C@@H](c2ccc(Cl)cc2)[C@@H]1S(=O)(=O)c1ccc(Cl)cc1. The molecular weight excluding hydrogens is 369 g/mol. The first-order valence-corrected chi connectivity index (χ1v) is 9.73. The second-order valence-corrected chi connectivity index (χ2v) is 8.99. The van der Waals surface area contributed by atoms with Gasteiger partial charge in [-0.25, -0.2) is 8.42 Å². The van der Waals surface area contributed by atoms with Crippen molar-refractivity contribution in [2.45, 2.75) is 16.1 Å². The number of sulfone groups is 1. The molecule has 7 heteroatoms. The Morgan fingerprint density at radius 1 is 1.00 bits per heavy atom. The highest BCUT2D eigenvalue weighted by Crippen LogP contribution is 2.63. The van der Waals surface area contributed by atoms with Gasteiger partial charge in [0.2, 0.25) is 0 Å². The van der Waals surface area contributed by atoms with E-state index in [4.69, 9.17) is 28.9 Å². The summed E-state index contributed by atoms with van der Waals surface area (Å²) in [7, 11) is -3.65. The summed E-state index contributed by atoms with van der Waals surface area (Å²) in [6.45, 7) is -0.220. The zero-order chi connectivity index (χ0) is 17.5. The van der Waals surface area contributed by atoms with Crippen molar-refractivity contribution in [3.8, 4) is 0 Å². The fourth-order valence-electron chi connectivity index (χ4n) is 3.39. The highest BCUT2D eigenvalue weighted by molar-refractivity contribution is 7.92. The molecule has 0 amide bonds. The van der Waals surface area contributed by atoms with Crippen molar-refractivity contribution in [1.82, 2.24) is 0 Å². The van der Waals surface area contributed by atoms with Gasteiger partial charge in [0, 0.05) is 27.9 Å². The largest absolute Gasteiger partial charge is 0.396 e. The van der Waals surface area contributed by atoms with Crippen molar-refractivity contribution < 1.29 is 13.5 Å². The van der Waals surface area contributed by atoms with Gasteiger partial charge in [-0.05, 0) is 42.0 Å². The first-order chi connectivity index (χ1) is 11.4. The summed E-state index contributed by atoms with van der Waals surface area (Å²) in [5.41, 5.74) is 5.78. The van der Waals surface area contributed by atoms with Crippen molar-refractivity contribution in [2.75, 3.05) is 13.2 Å². The van der Waals surface area contributed by atoms with E-state index in [9.17, 15) is 13.5 Å². The summed E-state index contributed by atoms with van der Waals surface area (Å²) in [5, 5.41) is 10.1. The van der Waals surface area contributed by atoms with E-state index in [1.807, 2.05) is 0 Å². The molecule has 0 unspecified atom stereocenters. The molecule has 3 N–H and O–H groups in total. The molecule has 0 aromatic heterocycles. The van der Waals surface area contributed by atoms with Crippen LogP contribution < -0.4 is 5.73 Å². The maximum atomic E-state index is 13.1. The van der Waals surface area contributed by atoms with Crippen LogP contribution in [-0.4, -0.2) is 31.9 Å². The number of rotatable bonds is 5. The van der Waals surface area contributed by atoms with E-state index < -0.39 is 20.5 Å². The van der Waals surface area contributed by atoms with Gasteiger partial charge in [-0.2, -0.15) is 0 Å². The highest BCUT2D eigenvalue weighted by atomic mass is 35.5. The second-order valence-electron chi connectivity index (χ2n) is 6.04. The van der Waals surface area contributed by atoms with Crippen molar-refractivity contribution in [3.63, 3.8) is 0 Å². The lowest BCUT2D eigenvalue weighted by molar-refractivity contribution is 0.212. The Bertz CT molecular complexity index is 831. The average Bonchev–Trinajstić information content (AvgIpc) is 3.26. The molecule has 0 heterocycles. The van der Waals surface area contributed by atoms with Crippen molar-refractivity contribution in [1.29, 1.82) is 0 Å². The minimum Gasteiger partial charge on any atom is -0.396 e. The predicted octanol–water partition coefficient (Wildman–Crippen LogP) is 2.87. The predicted molar refractivity (Wildman–Crippen MR) is 95.2 cm³/mol. The van der Waals surface area contributed by atoms with Gasteiger partial charge in [-0.15, -0.1) is 0 Å². The molecule has 0 radical (unpaired) electrons. The fourth-order valence-corrected chi connectivity index (χ4v) is 6.09. The molecule has 2 aromatic rings. The van der Waals surface area contributed by atoms with Crippen LogP contribution >= 0.6 is 23.2 Å². The van der Waals surface area contributed by atoms with E-state index in [1.54, 1.807) is 24.3 Å². The molecule has 4 nitrogen and oxygen atoms in total. The van der Waals surface area contributed by atoms with E-state index in [-0.39, 0.29) is 24.0 Å². The van der Waals surface area contributed by atoms with Gasteiger partial charge in [-0.1, -0.05) is 35.3 Å². The number of benzene rings is 2. The fraction of sp³-hybridized carbons (Fsp3) is 0.294. The van der Waals surface area contributed by atoms with E-state index in [0.717, 1.165) is 5.56 Å². The third-order valence-electron chi connectivity index (χ3n) is 4.76. The van der Waals surface area contributed by atoms with Gasteiger partial charge in [0.15, 0.2) is 9.84 Å². The number of hydrogen-bond donors (Lipinski definition) is 2. The van der Waals surface area contributed by atoms with E-state index in [2.05, 4.69) is 0 Å². The molecule has 1 aliphatic carbocycles. The summed E-state index contributed by atoms with van der Waals surface area (Å²) in [4.78, 5) is 0.180. The minimum atomic E-state index is -3.65. The molecule has 1 aliphatic rings. The first-order valence-electron chi connectivity index (χ1n) is 7.42. The molecule has 1 fully saturated rings. The smallest absolute Gasteiger partial charge is 0.182 e. The van der Waals surface area contributed by atoms with Crippen LogP contribution in [0.5, 0.6) is 0 Å². The first kappa shape index (κ1) is 17.7.